The molecule has 1 amide bonds. The number of carbonyl (C=O) groups excluding carboxylic acids is 1. The van der Waals surface area contributed by atoms with Crippen molar-refractivity contribution in [3.05, 3.63) is 46.4 Å². The average molecular weight is 428 g/mol. The first-order valence-electron chi connectivity index (χ1n) is 10.2. The van der Waals surface area contributed by atoms with Gasteiger partial charge in [0.2, 0.25) is 5.91 Å². The second-order valence-corrected chi connectivity index (χ2v) is 8.16. The van der Waals surface area contributed by atoms with Crippen LogP contribution in [0.3, 0.4) is 0 Å². The van der Waals surface area contributed by atoms with Crippen LogP contribution >= 0.6 is 0 Å². The molecule has 1 heterocycles. The largest absolute Gasteiger partial charge is 0.494 e. The van der Waals surface area contributed by atoms with E-state index in [1.807, 2.05) is 13.8 Å². The van der Waals surface area contributed by atoms with Crippen molar-refractivity contribution in [2.24, 2.45) is 7.05 Å². The third kappa shape index (κ3) is 4.93. The van der Waals surface area contributed by atoms with Crippen LogP contribution in [0.5, 0.6) is 5.75 Å². The van der Waals surface area contributed by atoms with E-state index in [1.54, 1.807) is 31.3 Å². The van der Waals surface area contributed by atoms with Gasteiger partial charge in [-0.15, -0.1) is 0 Å². The molecule has 31 heavy (non-hydrogen) atoms. The van der Waals surface area contributed by atoms with E-state index in [-0.39, 0.29) is 23.9 Å². The Morgan fingerprint density at radius 3 is 2.42 bits per heavy atom. The quantitative estimate of drug-likeness (QED) is 0.547. The Morgan fingerprint density at radius 2 is 1.90 bits per heavy atom. The first kappa shape index (κ1) is 22.5. The summed E-state index contributed by atoms with van der Waals surface area (Å²) in [5.74, 6) is -1.02. The van der Waals surface area contributed by atoms with Gasteiger partial charge in [-0.25, -0.2) is 9.48 Å². The number of aliphatic carboxylic acids is 1. The maximum absolute atomic E-state index is 12.7. The minimum Gasteiger partial charge on any atom is -0.494 e. The maximum atomic E-state index is 12.7. The number of ether oxygens (including phenoxy) is 1. The van der Waals surface area contributed by atoms with Gasteiger partial charge in [0.15, 0.2) is 5.75 Å². The Morgan fingerprint density at radius 1 is 1.26 bits per heavy atom. The Hall–Kier alpha value is -3.20. The van der Waals surface area contributed by atoms with Gasteiger partial charge >= 0.3 is 5.97 Å². The molecule has 1 aliphatic rings. The molecular weight excluding hydrogens is 400 g/mol. The van der Waals surface area contributed by atoms with Gasteiger partial charge in [0.1, 0.15) is 6.04 Å². The summed E-state index contributed by atoms with van der Waals surface area (Å²) in [4.78, 5) is 36.9. The van der Waals surface area contributed by atoms with E-state index in [0.717, 1.165) is 5.56 Å². The van der Waals surface area contributed by atoms with Gasteiger partial charge in [-0.2, -0.15) is 5.10 Å². The molecule has 1 aromatic heterocycles. The fraction of sp³-hybridized carbons (Fsp3) is 0.455. The van der Waals surface area contributed by atoms with Crippen molar-refractivity contribution in [1.29, 1.82) is 0 Å². The van der Waals surface area contributed by atoms with Crippen LogP contribution in [0.15, 0.2) is 35.3 Å². The fourth-order valence-corrected chi connectivity index (χ4v) is 3.60. The molecule has 3 N–H and O–H groups in total. The van der Waals surface area contributed by atoms with Gasteiger partial charge in [0.25, 0.3) is 5.56 Å². The van der Waals surface area contributed by atoms with Gasteiger partial charge in [0, 0.05) is 19.5 Å². The van der Waals surface area contributed by atoms with E-state index in [4.69, 9.17) is 4.74 Å². The Kier molecular flexibility index (Phi) is 6.45. The average Bonchev–Trinajstić information content (AvgIpc) is 3.50. The molecule has 1 aliphatic carbocycles. The molecular formula is C22H28N4O5. The van der Waals surface area contributed by atoms with E-state index in [2.05, 4.69) is 15.7 Å². The lowest BCUT2D eigenvalue weighted by Crippen LogP contribution is -2.54. The van der Waals surface area contributed by atoms with Crippen LogP contribution in [0.4, 0.5) is 0 Å². The summed E-state index contributed by atoms with van der Waals surface area (Å²) < 4.78 is 6.49. The van der Waals surface area contributed by atoms with Gasteiger partial charge < -0.3 is 20.5 Å². The summed E-state index contributed by atoms with van der Waals surface area (Å²) in [6.45, 7) is 3.91. The molecule has 0 radical (unpaired) electrons. The standard InChI is InChI=1S/C22H28N4O5/c1-13(2)25-22(9-10-22)21(30)24-16(20(28)29)11-14-5-7-15(8-6-14)18-17(31-4)12-23-26(3)19(18)27/h5-8,12-13,16,25H,9-11H2,1-4H3,(H,24,30)(H,28,29)/t16-/m0/s1. The van der Waals surface area contributed by atoms with Crippen LogP contribution in [-0.4, -0.2) is 51.5 Å². The number of hydrogen-bond acceptors (Lipinski definition) is 6. The number of aryl methyl sites for hydroxylation is 1. The minimum atomic E-state index is -1.09. The first-order valence-corrected chi connectivity index (χ1v) is 10.2. The highest BCUT2D eigenvalue weighted by Crippen LogP contribution is 2.36. The number of aromatic nitrogens is 2. The number of carbonyl (C=O) groups is 2. The van der Waals surface area contributed by atoms with Crippen molar-refractivity contribution in [3.8, 4) is 16.9 Å². The highest BCUT2D eigenvalue weighted by atomic mass is 16.5. The highest BCUT2D eigenvalue weighted by Gasteiger charge is 2.50. The maximum Gasteiger partial charge on any atom is 0.326 e. The Balaban J connectivity index is 1.76. The highest BCUT2D eigenvalue weighted by molar-refractivity contribution is 5.92. The van der Waals surface area contributed by atoms with Gasteiger partial charge in [-0.05, 0) is 37.8 Å². The number of nitrogens with one attached hydrogen (secondary N) is 2. The van der Waals surface area contributed by atoms with Crippen LogP contribution in [0.25, 0.3) is 11.1 Å². The molecule has 3 rings (SSSR count). The molecule has 1 fully saturated rings. The van der Waals surface area contributed by atoms with E-state index in [1.165, 1.54) is 18.0 Å². The third-order valence-electron chi connectivity index (χ3n) is 5.36. The normalized spacial score (nSPS) is 15.4. The smallest absolute Gasteiger partial charge is 0.326 e. The predicted molar refractivity (Wildman–Crippen MR) is 115 cm³/mol. The number of carboxylic acid groups (broad SMARTS) is 1. The van der Waals surface area contributed by atoms with Gasteiger partial charge in [-0.1, -0.05) is 24.3 Å². The summed E-state index contributed by atoms with van der Waals surface area (Å²) in [7, 11) is 3.02. The lowest BCUT2D eigenvalue weighted by molar-refractivity contribution is -0.142. The molecule has 0 saturated heterocycles. The number of nitrogens with zero attached hydrogens (tertiary/aromatic N) is 2. The molecule has 1 atom stereocenters. The lowest BCUT2D eigenvalue weighted by atomic mass is 10.0. The van der Waals surface area contributed by atoms with Crippen molar-refractivity contribution < 1.29 is 19.4 Å². The van der Waals surface area contributed by atoms with E-state index in [9.17, 15) is 19.5 Å². The number of methoxy groups -OCH3 is 1. The van der Waals surface area contributed by atoms with Crippen LogP contribution in [0, 0.1) is 0 Å². The molecule has 1 aromatic carbocycles. The number of hydrogen-bond donors (Lipinski definition) is 3. The monoisotopic (exact) mass is 428 g/mol. The second kappa shape index (κ2) is 8.89. The van der Waals surface area contributed by atoms with Crippen molar-refractivity contribution in [1.82, 2.24) is 20.4 Å². The fourth-order valence-electron chi connectivity index (χ4n) is 3.60. The Labute approximate surface area is 180 Å². The molecule has 9 heteroatoms. The lowest BCUT2D eigenvalue weighted by Gasteiger charge is -2.22. The second-order valence-electron chi connectivity index (χ2n) is 8.16. The summed E-state index contributed by atoms with van der Waals surface area (Å²) >= 11 is 0. The molecule has 0 unspecified atom stereocenters. The van der Waals surface area contributed by atoms with E-state index in [0.29, 0.717) is 29.7 Å². The summed E-state index contributed by atoms with van der Waals surface area (Å²) in [6, 6.07) is 6.04. The van der Waals surface area contributed by atoms with E-state index < -0.39 is 17.6 Å². The zero-order valence-corrected chi connectivity index (χ0v) is 18.1. The molecule has 1 saturated carbocycles. The topological polar surface area (TPSA) is 123 Å². The van der Waals surface area contributed by atoms with E-state index >= 15 is 0 Å². The molecule has 9 nitrogen and oxygen atoms in total. The van der Waals surface area contributed by atoms with Crippen molar-refractivity contribution in [3.63, 3.8) is 0 Å². The molecule has 2 aromatic rings. The first-order chi connectivity index (χ1) is 14.7. The number of carboxylic acids is 1. The molecule has 166 valence electrons. The van der Waals surface area contributed by atoms with Crippen LogP contribution < -0.4 is 20.9 Å². The zero-order valence-electron chi connectivity index (χ0n) is 18.1. The zero-order chi connectivity index (χ0) is 22.8. The van der Waals surface area contributed by atoms with Crippen LogP contribution in [0.2, 0.25) is 0 Å². The SMILES string of the molecule is COc1cnn(C)c(=O)c1-c1ccc(C[C@H](NC(=O)C2(NC(C)C)CC2)C(=O)O)cc1. The number of benzene rings is 1. The molecule has 0 bridgehead atoms. The van der Waals surface area contributed by atoms with Crippen LogP contribution in [0.1, 0.15) is 32.3 Å². The third-order valence-corrected chi connectivity index (χ3v) is 5.36. The Bertz CT molecular complexity index is 1030. The number of rotatable bonds is 9. The number of amides is 1. The summed E-state index contributed by atoms with van der Waals surface area (Å²) in [5, 5.41) is 19.5. The van der Waals surface area contributed by atoms with Crippen molar-refractivity contribution in [2.75, 3.05) is 7.11 Å². The summed E-state index contributed by atoms with van der Waals surface area (Å²) in [5.41, 5.74) is 0.782. The predicted octanol–water partition coefficient (Wildman–Crippen LogP) is 1.10. The molecule has 0 aliphatic heterocycles. The minimum absolute atomic E-state index is 0.127. The van der Waals surface area contributed by atoms with Crippen LogP contribution in [-0.2, 0) is 23.1 Å². The molecule has 0 spiro atoms. The van der Waals surface area contributed by atoms with Crippen molar-refractivity contribution in [2.45, 2.75) is 50.7 Å². The summed E-state index contributed by atoms with van der Waals surface area (Å²) in [6.07, 6.45) is 2.99. The van der Waals surface area contributed by atoms with Gasteiger partial charge in [0.05, 0.1) is 24.4 Å². The van der Waals surface area contributed by atoms with Crippen molar-refractivity contribution >= 4 is 11.9 Å². The van der Waals surface area contributed by atoms with Gasteiger partial charge in [-0.3, -0.25) is 9.59 Å².